The highest BCUT2D eigenvalue weighted by Gasteiger charge is 2.37. The third-order valence-corrected chi connectivity index (χ3v) is 5.57. The van der Waals surface area contributed by atoms with Crippen LogP contribution in [0.5, 0.6) is 0 Å². The molecule has 182 valence electrons. The first kappa shape index (κ1) is 25.1. The van der Waals surface area contributed by atoms with Crippen LogP contribution in [0, 0.1) is 13.8 Å². The molecule has 0 saturated carbocycles. The first-order valence-electron chi connectivity index (χ1n) is 11.0. The van der Waals surface area contributed by atoms with Gasteiger partial charge in [0.15, 0.2) is 0 Å². The first-order valence-corrected chi connectivity index (χ1v) is 11.0. The Morgan fingerprint density at radius 2 is 1.91 bits per heavy atom. The molecule has 1 aromatic carbocycles. The summed E-state index contributed by atoms with van der Waals surface area (Å²) in [6.45, 7) is 7.45. The molecule has 2 aromatic heterocycles. The topological polar surface area (TPSA) is 101 Å². The van der Waals surface area contributed by atoms with Crippen LogP contribution in [0.25, 0.3) is 5.78 Å². The van der Waals surface area contributed by atoms with Crippen molar-refractivity contribution in [3.05, 3.63) is 58.2 Å². The minimum absolute atomic E-state index is 0.0639. The number of hydrogen-bond donors (Lipinski definition) is 2. The monoisotopic (exact) mass is 476 g/mol. The Morgan fingerprint density at radius 1 is 1.18 bits per heavy atom. The third kappa shape index (κ3) is 5.89. The second kappa shape index (κ2) is 10.2. The van der Waals surface area contributed by atoms with E-state index in [0.717, 1.165) is 16.5 Å². The van der Waals surface area contributed by atoms with Crippen molar-refractivity contribution in [1.82, 2.24) is 30.2 Å². The minimum atomic E-state index is -4.67. The van der Waals surface area contributed by atoms with Crippen LogP contribution in [-0.4, -0.2) is 37.4 Å². The van der Waals surface area contributed by atoms with E-state index in [2.05, 4.69) is 25.7 Å². The van der Waals surface area contributed by atoms with Crippen LogP contribution in [0.2, 0.25) is 0 Å². The highest BCUT2D eigenvalue weighted by molar-refractivity contribution is 5.94. The molecule has 0 aliphatic rings. The smallest absolute Gasteiger partial charge is 0.352 e. The number of amides is 2. The molecule has 0 aliphatic carbocycles. The van der Waals surface area contributed by atoms with E-state index < -0.39 is 12.0 Å². The van der Waals surface area contributed by atoms with E-state index in [9.17, 15) is 22.8 Å². The van der Waals surface area contributed by atoms with Gasteiger partial charge in [0.05, 0.1) is 0 Å². The van der Waals surface area contributed by atoms with Crippen LogP contribution >= 0.6 is 0 Å². The van der Waals surface area contributed by atoms with Gasteiger partial charge in [-0.25, -0.2) is 9.50 Å². The number of alkyl halides is 3. The Kier molecular flexibility index (Phi) is 7.53. The van der Waals surface area contributed by atoms with E-state index in [1.807, 2.05) is 19.9 Å². The van der Waals surface area contributed by atoms with E-state index >= 15 is 0 Å². The quantitative estimate of drug-likeness (QED) is 0.518. The number of nitrogens with zero attached hydrogens (tertiary/aromatic N) is 4. The Labute approximate surface area is 195 Å². The summed E-state index contributed by atoms with van der Waals surface area (Å²) in [6, 6.07) is 7.08. The summed E-state index contributed by atoms with van der Waals surface area (Å²) in [5.41, 5.74) is 2.90. The van der Waals surface area contributed by atoms with Gasteiger partial charge in [-0.05, 0) is 56.9 Å². The van der Waals surface area contributed by atoms with Crippen molar-refractivity contribution >= 4 is 17.6 Å². The molecule has 8 nitrogen and oxygen atoms in total. The van der Waals surface area contributed by atoms with Crippen LogP contribution < -0.4 is 10.6 Å². The van der Waals surface area contributed by atoms with Crippen molar-refractivity contribution in [2.75, 3.05) is 0 Å². The average Bonchev–Trinajstić information content (AvgIpc) is 3.22. The van der Waals surface area contributed by atoms with E-state index in [1.165, 1.54) is 0 Å². The largest absolute Gasteiger partial charge is 0.453 e. The molecule has 11 heteroatoms. The molecule has 34 heavy (non-hydrogen) atoms. The fourth-order valence-corrected chi connectivity index (χ4v) is 3.45. The third-order valence-electron chi connectivity index (χ3n) is 5.57. The molecule has 0 fully saturated rings. The van der Waals surface area contributed by atoms with Gasteiger partial charge in [0.25, 0.3) is 17.5 Å². The second-order valence-electron chi connectivity index (χ2n) is 8.17. The molecule has 0 spiro atoms. The van der Waals surface area contributed by atoms with Crippen molar-refractivity contribution in [2.45, 2.75) is 65.7 Å². The van der Waals surface area contributed by atoms with Gasteiger partial charge in [0.2, 0.25) is 5.91 Å². The molecule has 0 aliphatic heterocycles. The normalized spacial score (nSPS) is 12.6. The predicted molar refractivity (Wildman–Crippen MR) is 119 cm³/mol. The zero-order chi connectivity index (χ0) is 25.0. The number of benzene rings is 1. The predicted octanol–water partition coefficient (Wildman–Crippen LogP) is 3.54. The van der Waals surface area contributed by atoms with Crippen molar-refractivity contribution < 1.29 is 22.8 Å². The van der Waals surface area contributed by atoms with Crippen LogP contribution in [0.1, 0.15) is 65.4 Å². The van der Waals surface area contributed by atoms with Crippen LogP contribution in [0.4, 0.5) is 13.2 Å². The lowest BCUT2D eigenvalue weighted by atomic mass is 10.1. The molecular weight excluding hydrogens is 449 g/mol. The average molecular weight is 477 g/mol. The molecule has 0 saturated heterocycles. The lowest BCUT2D eigenvalue weighted by Crippen LogP contribution is -2.32. The molecule has 2 amide bonds. The van der Waals surface area contributed by atoms with Gasteiger partial charge in [0.1, 0.15) is 0 Å². The Hall–Kier alpha value is -3.50. The maximum atomic E-state index is 12.9. The maximum Gasteiger partial charge on any atom is 0.453 e. The molecule has 2 heterocycles. The molecule has 0 radical (unpaired) electrons. The zero-order valence-electron chi connectivity index (χ0n) is 19.5. The van der Waals surface area contributed by atoms with Gasteiger partial charge in [0, 0.05) is 36.0 Å². The maximum absolute atomic E-state index is 12.9. The lowest BCUT2D eigenvalue weighted by Gasteiger charge is -2.12. The lowest BCUT2D eigenvalue weighted by molar-refractivity contribution is -0.144. The zero-order valence-corrected chi connectivity index (χ0v) is 19.5. The highest BCUT2D eigenvalue weighted by atomic mass is 19.4. The fourth-order valence-electron chi connectivity index (χ4n) is 3.45. The summed E-state index contributed by atoms with van der Waals surface area (Å²) in [5, 5.41) is 9.23. The molecule has 1 unspecified atom stereocenters. The number of carbonyl (C=O) groups excluding carboxylic acids is 2. The molecule has 1 atom stereocenters. The summed E-state index contributed by atoms with van der Waals surface area (Å²) in [7, 11) is 0. The molecule has 3 rings (SSSR count). The summed E-state index contributed by atoms with van der Waals surface area (Å²) >= 11 is 0. The fraction of sp³-hybridized carbons (Fsp3) is 0.435. The van der Waals surface area contributed by atoms with Crippen LogP contribution in [0.3, 0.4) is 0 Å². The number of halogens is 3. The summed E-state index contributed by atoms with van der Waals surface area (Å²) in [6.07, 6.45) is -3.45. The van der Waals surface area contributed by atoms with Gasteiger partial charge in [-0.3, -0.25) is 9.59 Å². The highest BCUT2D eigenvalue weighted by Crippen LogP contribution is 2.27. The number of hydrogen-bond acceptors (Lipinski definition) is 5. The summed E-state index contributed by atoms with van der Waals surface area (Å²) < 4.78 is 39.9. The SMILES string of the molecule is CCC(C)NC(=O)c1cccc(CNC(=O)CCc2c(C)nc3nc(C(F)(F)F)nn3c2C)c1. The van der Waals surface area contributed by atoms with Crippen LogP contribution in [0.15, 0.2) is 24.3 Å². The number of aryl methyl sites for hydroxylation is 2. The standard InChI is InChI=1S/C23H27F3N6O2/c1-5-13(2)28-20(34)17-8-6-7-16(11-17)12-27-19(33)10-9-18-14(3)29-22-30-21(23(24,25)26)31-32(22)15(18)4/h6-8,11,13H,5,9-10,12H2,1-4H3,(H,27,33)(H,28,34). The van der Waals surface area contributed by atoms with E-state index in [4.69, 9.17) is 0 Å². The Balaban J connectivity index is 1.62. The number of carbonyl (C=O) groups is 2. The van der Waals surface area contributed by atoms with Crippen LogP contribution in [-0.2, 0) is 23.9 Å². The molecule has 3 aromatic rings. The van der Waals surface area contributed by atoms with Gasteiger partial charge in [-0.15, -0.1) is 5.10 Å². The molecule has 0 bridgehead atoms. The van der Waals surface area contributed by atoms with Crippen molar-refractivity contribution in [2.24, 2.45) is 0 Å². The van der Waals surface area contributed by atoms with Crippen molar-refractivity contribution in [3.63, 3.8) is 0 Å². The van der Waals surface area contributed by atoms with E-state index in [0.29, 0.717) is 22.5 Å². The number of aromatic nitrogens is 4. The van der Waals surface area contributed by atoms with E-state index in [1.54, 1.807) is 32.0 Å². The second-order valence-corrected chi connectivity index (χ2v) is 8.17. The first-order chi connectivity index (χ1) is 16.0. The summed E-state index contributed by atoms with van der Waals surface area (Å²) in [4.78, 5) is 32.3. The summed E-state index contributed by atoms with van der Waals surface area (Å²) in [5.74, 6) is -1.79. The minimum Gasteiger partial charge on any atom is -0.352 e. The molecular formula is C23H27F3N6O2. The number of fused-ring (bicyclic) bond motifs is 1. The molecule has 2 N–H and O–H groups in total. The Morgan fingerprint density at radius 3 is 2.59 bits per heavy atom. The number of nitrogens with one attached hydrogen (secondary N) is 2. The Bertz CT molecular complexity index is 1210. The van der Waals surface area contributed by atoms with Crippen molar-refractivity contribution in [3.8, 4) is 0 Å². The van der Waals surface area contributed by atoms with Gasteiger partial charge < -0.3 is 10.6 Å². The van der Waals surface area contributed by atoms with Gasteiger partial charge in [-0.2, -0.15) is 18.2 Å². The van der Waals surface area contributed by atoms with E-state index in [-0.39, 0.29) is 43.0 Å². The van der Waals surface area contributed by atoms with Gasteiger partial charge >= 0.3 is 6.18 Å². The van der Waals surface area contributed by atoms with Crippen molar-refractivity contribution in [1.29, 1.82) is 0 Å². The van der Waals surface area contributed by atoms with Gasteiger partial charge in [-0.1, -0.05) is 19.1 Å². The number of rotatable bonds is 8.